The Balaban J connectivity index is 1.25. The molecule has 1 atom stereocenters. The van der Waals surface area contributed by atoms with Crippen LogP contribution >= 0.6 is 0 Å². The average Bonchev–Trinajstić information content (AvgIpc) is 3.43. The summed E-state index contributed by atoms with van der Waals surface area (Å²) in [4.78, 5) is 12.9. The summed E-state index contributed by atoms with van der Waals surface area (Å²) in [5.41, 5.74) is 5.30. The second-order valence-electron chi connectivity index (χ2n) is 8.84. The van der Waals surface area contributed by atoms with Crippen LogP contribution in [0.4, 0.5) is 4.39 Å². The molecule has 1 aliphatic rings. The van der Waals surface area contributed by atoms with E-state index >= 15 is 0 Å². The third-order valence-corrected chi connectivity index (χ3v) is 6.10. The van der Waals surface area contributed by atoms with Crippen LogP contribution < -0.4 is 14.8 Å². The second kappa shape index (κ2) is 9.77. The second-order valence-corrected chi connectivity index (χ2v) is 8.84. The molecule has 0 fully saturated rings. The lowest BCUT2D eigenvalue weighted by Crippen LogP contribution is -2.34. The minimum Gasteiger partial charge on any atom is -0.487 e. The summed E-state index contributed by atoms with van der Waals surface area (Å²) in [5, 5.41) is 15.5. The van der Waals surface area contributed by atoms with Gasteiger partial charge in [-0.3, -0.25) is 9.48 Å². The van der Waals surface area contributed by atoms with Gasteiger partial charge in [-0.2, -0.15) is 5.10 Å². The quantitative estimate of drug-likeness (QED) is 0.425. The first-order valence-electron chi connectivity index (χ1n) is 11.6. The number of carbonyl (C=O) groups excluding carboxylic acids is 1. The van der Waals surface area contributed by atoms with E-state index in [1.54, 1.807) is 18.2 Å². The Kier molecular flexibility index (Phi) is 6.37. The van der Waals surface area contributed by atoms with Crippen LogP contribution in [0, 0.1) is 19.7 Å². The van der Waals surface area contributed by atoms with E-state index in [2.05, 4.69) is 20.6 Å². The highest BCUT2D eigenvalue weighted by Crippen LogP contribution is 2.39. The first-order chi connectivity index (χ1) is 17.4. The van der Waals surface area contributed by atoms with Crippen LogP contribution in [-0.4, -0.2) is 45.6 Å². The molecule has 5 rings (SSSR count). The van der Waals surface area contributed by atoms with Crippen molar-refractivity contribution in [2.24, 2.45) is 0 Å². The Morgan fingerprint density at radius 3 is 2.75 bits per heavy atom. The molecule has 9 heteroatoms. The van der Waals surface area contributed by atoms with Gasteiger partial charge in [0.15, 0.2) is 0 Å². The van der Waals surface area contributed by atoms with E-state index < -0.39 is 0 Å². The fourth-order valence-electron chi connectivity index (χ4n) is 4.40. The molecular weight excluding hydrogens is 461 g/mol. The maximum absolute atomic E-state index is 14.3. The highest BCUT2D eigenvalue weighted by molar-refractivity contribution is 5.94. The molecule has 1 amide bonds. The topological polar surface area (TPSA) is 91.2 Å². The van der Waals surface area contributed by atoms with Crippen molar-refractivity contribution in [2.45, 2.75) is 32.9 Å². The zero-order valence-corrected chi connectivity index (χ0v) is 20.3. The van der Waals surface area contributed by atoms with Gasteiger partial charge in [-0.05, 0) is 55.8 Å². The van der Waals surface area contributed by atoms with Gasteiger partial charge in [0.25, 0.3) is 5.91 Å². The summed E-state index contributed by atoms with van der Waals surface area (Å²) in [6.07, 6.45) is 0.149. The molecule has 36 heavy (non-hydrogen) atoms. The predicted octanol–water partition coefficient (Wildman–Crippen LogP) is 3.89. The number of methoxy groups -OCH3 is 1. The van der Waals surface area contributed by atoms with E-state index in [1.165, 1.54) is 19.2 Å². The van der Waals surface area contributed by atoms with E-state index in [-0.39, 0.29) is 24.4 Å². The SMILES string of the molecule is COc1ccc(-c2cc(F)cc3c2O[C@@H](CNC(=O)c2cccc(Cn4nc(C)cc4C)c2)C3)nn1. The van der Waals surface area contributed by atoms with Crippen molar-refractivity contribution in [2.75, 3.05) is 13.7 Å². The van der Waals surface area contributed by atoms with Gasteiger partial charge in [0.05, 0.1) is 31.6 Å². The van der Waals surface area contributed by atoms with E-state index in [4.69, 9.17) is 9.47 Å². The van der Waals surface area contributed by atoms with E-state index in [9.17, 15) is 9.18 Å². The third-order valence-electron chi connectivity index (χ3n) is 6.10. The van der Waals surface area contributed by atoms with Crippen molar-refractivity contribution in [1.29, 1.82) is 0 Å². The number of halogens is 1. The largest absolute Gasteiger partial charge is 0.487 e. The molecule has 8 nitrogen and oxygen atoms in total. The number of nitrogens with zero attached hydrogens (tertiary/aromatic N) is 4. The van der Waals surface area contributed by atoms with Crippen LogP contribution in [-0.2, 0) is 13.0 Å². The number of hydrogen-bond acceptors (Lipinski definition) is 6. The summed E-state index contributed by atoms with van der Waals surface area (Å²) < 4.78 is 27.4. The molecule has 0 spiro atoms. The Bertz CT molecular complexity index is 1420. The Hall–Kier alpha value is -4.27. The number of nitrogens with one attached hydrogen (secondary N) is 1. The van der Waals surface area contributed by atoms with Crippen LogP contribution in [0.3, 0.4) is 0 Å². The predicted molar refractivity (Wildman–Crippen MR) is 132 cm³/mol. The molecule has 0 aliphatic carbocycles. The lowest BCUT2D eigenvalue weighted by Gasteiger charge is -2.14. The molecule has 0 saturated heterocycles. The lowest BCUT2D eigenvalue weighted by atomic mass is 10.0. The standard InChI is InChI=1S/C27H26FN5O3/c1-16-9-17(2)33(32-16)15-18-5-4-6-19(10-18)27(34)29-14-22-12-20-11-21(28)13-23(26(20)36-22)24-7-8-25(35-3)31-30-24/h4-11,13,22H,12,14-15H2,1-3H3,(H,29,34)/t22-/m1/s1. The molecule has 0 radical (unpaired) electrons. The van der Waals surface area contributed by atoms with Crippen LogP contribution in [0.1, 0.15) is 32.9 Å². The highest BCUT2D eigenvalue weighted by Gasteiger charge is 2.28. The summed E-state index contributed by atoms with van der Waals surface area (Å²) in [6, 6.07) is 15.7. The zero-order valence-electron chi connectivity index (χ0n) is 20.3. The van der Waals surface area contributed by atoms with Crippen molar-refractivity contribution in [3.63, 3.8) is 0 Å². The van der Waals surface area contributed by atoms with E-state index in [0.717, 1.165) is 22.5 Å². The zero-order chi connectivity index (χ0) is 25.2. The number of amides is 1. The minimum atomic E-state index is -0.380. The van der Waals surface area contributed by atoms with Crippen LogP contribution in [0.2, 0.25) is 0 Å². The van der Waals surface area contributed by atoms with Crippen molar-refractivity contribution < 1.29 is 18.7 Å². The number of rotatable bonds is 7. The van der Waals surface area contributed by atoms with Crippen molar-refractivity contribution in [3.05, 3.63) is 88.5 Å². The molecule has 2 aromatic carbocycles. The normalized spacial score (nSPS) is 14.3. The van der Waals surface area contributed by atoms with Gasteiger partial charge in [-0.25, -0.2) is 4.39 Å². The molecular formula is C27H26FN5O3. The van der Waals surface area contributed by atoms with E-state index in [0.29, 0.717) is 41.4 Å². The van der Waals surface area contributed by atoms with Gasteiger partial charge in [0.2, 0.25) is 5.88 Å². The lowest BCUT2D eigenvalue weighted by molar-refractivity contribution is 0.0933. The average molecular weight is 488 g/mol. The third kappa shape index (κ3) is 4.91. The van der Waals surface area contributed by atoms with Crippen molar-refractivity contribution in [1.82, 2.24) is 25.3 Å². The van der Waals surface area contributed by atoms with Gasteiger partial charge in [-0.15, -0.1) is 10.2 Å². The monoisotopic (exact) mass is 487 g/mol. The van der Waals surface area contributed by atoms with Crippen LogP contribution in [0.5, 0.6) is 11.6 Å². The van der Waals surface area contributed by atoms with Gasteiger partial charge in [-0.1, -0.05) is 12.1 Å². The first-order valence-corrected chi connectivity index (χ1v) is 11.6. The number of benzene rings is 2. The smallest absolute Gasteiger partial charge is 0.251 e. The van der Waals surface area contributed by atoms with Gasteiger partial charge in [0, 0.05) is 34.9 Å². The highest BCUT2D eigenvalue weighted by atomic mass is 19.1. The molecule has 4 aromatic rings. The molecule has 1 aliphatic heterocycles. The molecule has 3 heterocycles. The van der Waals surface area contributed by atoms with Crippen LogP contribution in [0.25, 0.3) is 11.3 Å². The fraction of sp³-hybridized carbons (Fsp3) is 0.259. The Labute approximate surface area is 208 Å². The first kappa shape index (κ1) is 23.5. The Morgan fingerprint density at radius 1 is 1.17 bits per heavy atom. The molecule has 1 N–H and O–H groups in total. The summed E-state index contributed by atoms with van der Waals surface area (Å²) >= 11 is 0. The summed E-state index contributed by atoms with van der Waals surface area (Å²) in [5.74, 6) is 0.348. The molecule has 0 bridgehead atoms. The fourth-order valence-corrected chi connectivity index (χ4v) is 4.40. The number of hydrogen-bond donors (Lipinski definition) is 1. The van der Waals surface area contributed by atoms with Crippen molar-refractivity contribution in [3.8, 4) is 22.9 Å². The number of aryl methyl sites for hydroxylation is 2. The van der Waals surface area contributed by atoms with Gasteiger partial charge < -0.3 is 14.8 Å². The Morgan fingerprint density at radius 2 is 2.03 bits per heavy atom. The van der Waals surface area contributed by atoms with Crippen molar-refractivity contribution >= 4 is 5.91 Å². The summed E-state index contributed by atoms with van der Waals surface area (Å²) in [6.45, 7) is 4.84. The maximum atomic E-state index is 14.3. The molecule has 184 valence electrons. The van der Waals surface area contributed by atoms with Gasteiger partial charge in [0.1, 0.15) is 17.7 Å². The molecule has 2 aromatic heterocycles. The number of aromatic nitrogens is 4. The van der Waals surface area contributed by atoms with E-state index in [1.807, 2.05) is 42.8 Å². The maximum Gasteiger partial charge on any atom is 0.251 e. The number of fused-ring (bicyclic) bond motifs is 1. The summed E-state index contributed by atoms with van der Waals surface area (Å²) in [7, 11) is 1.50. The molecule has 0 unspecified atom stereocenters. The minimum absolute atomic E-state index is 0.197. The van der Waals surface area contributed by atoms with Crippen LogP contribution in [0.15, 0.2) is 54.6 Å². The number of ether oxygens (including phenoxy) is 2. The molecule has 0 saturated carbocycles. The number of carbonyl (C=O) groups is 1. The van der Waals surface area contributed by atoms with Gasteiger partial charge >= 0.3 is 0 Å².